The average molecular weight is 138 g/mol. The van der Waals surface area contributed by atoms with Gasteiger partial charge in [-0.1, -0.05) is 18.5 Å². The summed E-state index contributed by atoms with van der Waals surface area (Å²) in [6.07, 6.45) is 10.2. The van der Waals surface area contributed by atoms with Gasteiger partial charge < -0.3 is 4.84 Å². The second kappa shape index (κ2) is 8.03. The van der Waals surface area contributed by atoms with Crippen molar-refractivity contribution in [1.29, 1.82) is 0 Å². The van der Waals surface area contributed by atoms with Gasteiger partial charge in [-0.25, -0.2) is 0 Å². The maximum Gasteiger partial charge on any atom is 0.128 e. The first-order valence-corrected chi connectivity index (χ1v) is 3.40. The number of unbranched alkanes of at least 4 members (excludes halogenated alkanes) is 1. The molecule has 0 spiro atoms. The van der Waals surface area contributed by atoms with E-state index in [1.807, 2.05) is 0 Å². The van der Waals surface area contributed by atoms with Crippen molar-refractivity contribution >= 4 is 6.21 Å². The molecule has 0 atom stereocenters. The molecule has 2 heteroatoms. The Kier molecular flexibility index (Phi) is 7.25. The van der Waals surface area contributed by atoms with Gasteiger partial charge in [-0.3, -0.25) is 0 Å². The van der Waals surface area contributed by atoms with E-state index in [0.29, 0.717) is 13.0 Å². The Balaban J connectivity index is 2.96. The van der Waals surface area contributed by atoms with Gasteiger partial charge in [-0.05, 0) is 6.42 Å². The van der Waals surface area contributed by atoms with Gasteiger partial charge in [0.1, 0.15) is 12.8 Å². The normalized spacial score (nSPS) is 9.60. The SMILES string of the molecule is C#CCCO/N=[C]/CCC. The molecule has 0 fully saturated rings. The van der Waals surface area contributed by atoms with Crippen molar-refractivity contribution < 1.29 is 4.84 Å². The Morgan fingerprint density at radius 3 is 2.90 bits per heavy atom. The second-order valence-electron chi connectivity index (χ2n) is 1.79. The Hall–Kier alpha value is -0.970. The first-order valence-electron chi connectivity index (χ1n) is 3.40. The first kappa shape index (κ1) is 9.03. The Bertz CT molecular complexity index is 124. The van der Waals surface area contributed by atoms with Crippen molar-refractivity contribution in [3.8, 4) is 12.3 Å². The molecule has 0 saturated heterocycles. The van der Waals surface area contributed by atoms with Crippen LogP contribution in [-0.4, -0.2) is 12.8 Å². The van der Waals surface area contributed by atoms with E-state index >= 15 is 0 Å². The summed E-state index contributed by atoms with van der Waals surface area (Å²) >= 11 is 0. The van der Waals surface area contributed by atoms with Crippen LogP contribution >= 0.6 is 0 Å². The zero-order valence-electron chi connectivity index (χ0n) is 6.26. The predicted molar refractivity (Wildman–Crippen MR) is 41.7 cm³/mol. The van der Waals surface area contributed by atoms with E-state index < -0.39 is 0 Å². The maximum absolute atomic E-state index is 4.98. The third-order valence-corrected chi connectivity index (χ3v) is 0.829. The molecule has 0 N–H and O–H groups in total. The molecule has 0 amide bonds. The highest BCUT2D eigenvalue weighted by Gasteiger charge is 1.78. The molecule has 0 aliphatic rings. The first-order chi connectivity index (χ1) is 4.91. The summed E-state index contributed by atoms with van der Waals surface area (Å²) < 4.78 is 0. The molecule has 0 rings (SSSR count). The molecule has 0 aliphatic heterocycles. The van der Waals surface area contributed by atoms with Gasteiger partial charge in [-0.2, -0.15) is 0 Å². The molecule has 0 aromatic rings. The fraction of sp³-hybridized carbons (Fsp3) is 0.625. The lowest BCUT2D eigenvalue weighted by Crippen LogP contribution is -1.85. The molecular weight excluding hydrogens is 126 g/mol. The van der Waals surface area contributed by atoms with Crippen LogP contribution in [-0.2, 0) is 4.84 Å². The van der Waals surface area contributed by atoms with E-state index in [1.165, 1.54) is 0 Å². The molecule has 0 heterocycles. The third kappa shape index (κ3) is 7.03. The minimum atomic E-state index is 0.493. The van der Waals surface area contributed by atoms with Crippen molar-refractivity contribution in [2.75, 3.05) is 6.61 Å². The average Bonchev–Trinajstić information content (AvgIpc) is 1.97. The Morgan fingerprint density at radius 1 is 1.50 bits per heavy atom. The molecule has 55 valence electrons. The summed E-state index contributed by atoms with van der Waals surface area (Å²) in [7, 11) is 0. The lowest BCUT2D eigenvalue weighted by Gasteiger charge is -1.90. The van der Waals surface area contributed by atoms with E-state index in [0.717, 1.165) is 12.8 Å². The van der Waals surface area contributed by atoms with Crippen LogP contribution in [0.15, 0.2) is 5.16 Å². The van der Waals surface area contributed by atoms with Gasteiger partial charge in [0.25, 0.3) is 0 Å². The van der Waals surface area contributed by atoms with Crippen LogP contribution in [0.4, 0.5) is 0 Å². The van der Waals surface area contributed by atoms with Crippen molar-refractivity contribution in [3.05, 3.63) is 0 Å². The third-order valence-electron chi connectivity index (χ3n) is 0.829. The fourth-order valence-corrected chi connectivity index (χ4v) is 0.353. The number of hydrogen-bond acceptors (Lipinski definition) is 2. The lowest BCUT2D eigenvalue weighted by atomic mass is 10.4. The monoisotopic (exact) mass is 138 g/mol. The molecule has 0 unspecified atom stereocenters. The highest BCUT2D eigenvalue weighted by molar-refractivity contribution is 5.55. The van der Waals surface area contributed by atoms with Gasteiger partial charge in [-0.15, -0.1) is 12.3 Å². The van der Waals surface area contributed by atoms with Crippen LogP contribution in [0, 0.1) is 12.3 Å². The second-order valence-corrected chi connectivity index (χ2v) is 1.79. The van der Waals surface area contributed by atoms with Crippen LogP contribution in [0.1, 0.15) is 26.2 Å². The topological polar surface area (TPSA) is 21.6 Å². The van der Waals surface area contributed by atoms with Gasteiger partial charge in [0.15, 0.2) is 0 Å². The van der Waals surface area contributed by atoms with Crippen molar-refractivity contribution in [2.24, 2.45) is 5.16 Å². The fourth-order valence-electron chi connectivity index (χ4n) is 0.353. The summed E-state index contributed by atoms with van der Waals surface area (Å²) in [5.74, 6) is 2.45. The van der Waals surface area contributed by atoms with E-state index in [4.69, 9.17) is 11.3 Å². The number of rotatable bonds is 5. The Labute approximate surface area is 62.3 Å². The van der Waals surface area contributed by atoms with Crippen LogP contribution in [0.5, 0.6) is 0 Å². The van der Waals surface area contributed by atoms with Crippen LogP contribution in [0.25, 0.3) is 0 Å². The summed E-state index contributed by atoms with van der Waals surface area (Å²) in [6, 6.07) is 0. The van der Waals surface area contributed by atoms with Crippen LogP contribution in [0.3, 0.4) is 0 Å². The summed E-state index contributed by atoms with van der Waals surface area (Å²) in [5.41, 5.74) is 0. The van der Waals surface area contributed by atoms with Crippen molar-refractivity contribution in [3.63, 3.8) is 0 Å². The lowest BCUT2D eigenvalue weighted by molar-refractivity contribution is 0.151. The molecule has 2 nitrogen and oxygen atoms in total. The van der Waals surface area contributed by atoms with E-state index in [2.05, 4.69) is 24.2 Å². The molecule has 0 aliphatic carbocycles. The quantitative estimate of drug-likeness (QED) is 0.245. The summed E-state index contributed by atoms with van der Waals surface area (Å²) in [6.45, 7) is 2.55. The maximum atomic E-state index is 4.98. The highest BCUT2D eigenvalue weighted by Crippen LogP contribution is 1.83. The predicted octanol–water partition coefficient (Wildman–Crippen LogP) is 1.69. The molecular formula is C8H12NO. The zero-order valence-corrected chi connectivity index (χ0v) is 6.26. The summed E-state index contributed by atoms with van der Waals surface area (Å²) in [4.78, 5) is 4.75. The van der Waals surface area contributed by atoms with Crippen molar-refractivity contribution in [1.82, 2.24) is 0 Å². The summed E-state index contributed by atoms with van der Waals surface area (Å²) in [5, 5.41) is 3.55. The van der Waals surface area contributed by atoms with Gasteiger partial charge in [0.2, 0.25) is 0 Å². The largest absolute Gasteiger partial charge is 0.395 e. The minimum absolute atomic E-state index is 0.493. The molecule has 0 aromatic heterocycles. The van der Waals surface area contributed by atoms with Crippen LogP contribution < -0.4 is 0 Å². The standard InChI is InChI=1S/C8H12NO/c1-3-5-7-9-10-8-6-4-2/h2H,3,5-6,8H2,1H3. The smallest absolute Gasteiger partial charge is 0.128 e. The van der Waals surface area contributed by atoms with Crippen molar-refractivity contribution in [2.45, 2.75) is 26.2 Å². The molecule has 10 heavy (non-hydrogen) atoms. The highest BCUT2D eigenvalue weighted by atomic mass is 16.6. The number of terminal acetylenes is 1. The molecule has 0 bridgehead atoms. The molecule has 0 saturated carbocycles. The van der Waals surface area contributed by atoms with Gasteiger partial charge >= 0.3 is 0 Å². The Morgan fingerprint density at radius 2 is 2.30 bits per heavy atom. The van der Waals surface area contributed by atoms with Gasteiger partial charge in [0.05, 0.1) is 0 Å². The molecule has 0 aromatic carbocycles. The number of hydrogen-bond donors (Lipinski definition) is 0. The van der Waals surface area contributed by atoms with Crippen LogP contribution in [0.2, 0.25) is 0 Å². The van der Waals surface area contributed by atoms with E-state index in [-0.39, 0.29) is 0 Å². The number of nitrogens with zero attached hydrogens (tertiary/aromatic N) is 1. The minimum Gasteiger partial charge on any atom is -0.395 e. The molecule has 1 radical (unpaired) electrons. The van der Waals surface area contributed by atoms with E-state index in [9.17, 15) is 0 Å². The van der Waals surface area contributed by atoms with Gasteiger partial charge in [0, 0.05) is 6.42 Å². The van der Waals surface area contributed by atoms with E-state index in [1.54, 1.807) is 0 Å². The zero-order chi connectivity index (χ0) is 7.66.